The molecule has 0 saturated carbocycles. The third kappa shape index (κ3) is 4.08. The van der Waals surface area contributed by atoms with Crippen molar-refractivity contribution in [3.05, 3.63) is 89.5 Å². The van der Waals surface area contributed by atoms with Gasteiger partial charge in [-0.1, -0.05) is 54.6 Å². The first-order chi connectivity index (χ1) is 14.6. The van der Waals surface area contributed by atoms with E-state index in [9.17, 15) is 14.4 Å². The number of esters is 1. The van der Waals surface area contributed by atoms with Gasteiger partial charge < -0.3 is 10.1 Å². The number of carbonyl (C=O) groups excluding carboxylic acids is 3. The molecule has 8 heteroatoms. The summed E-state index contributed by atoms with van der Waals surface area (Å²) < 4.78 is 13.4. The summed E-state index contributed by atoms with van der Waals surface area (Å²) in [5.74, 6) is -1.57. The lowest BCUT2D eigenvalue weighted by Gasteiger charge is -2.10. The minimum atomic E-state index is -0.751. The van der Waals surface area contributed by atoms with Crippen molar-refractivity contribution in [1.82, 2.24) is 8.75 Å². The van der Waals surface area contributed by atoms with Crippen LogP contribution >= 0.6 is 11.7 Å². The highest BCUT2D eigenvalue weighted by atomic mass is 32.1. The van der Waals surface area contributed by atoms with Crippen LogP contribution in [0.5, 0.6) is 0 Å². The Morgan fingerprint density at radius 1 is 0.833 bits per heavy atom. The molecule has 0 aliphatic rings. The molecule has 1 N–H and O–H groups in total. The lowest BCUT2D eigenvalue weighted by atomic mass is 9.98. The van der Waals surface area contributed by atoms with Crippen LogP contribution in [0, 0.1) is 0 Å². The Balaban J connectivity index is 1.45. The van der Waals surface area contributed by atoms with Crippen LogP contribution in [-0.4, -0.2) is 33.0 Å². The molecule has 1 amide bonds. The van der Waals surface area contributed by atoms with Gasteiger partial charge in [-0.15, -0.1) is 0 Å². The number of carbonyl (C=O) groups is 3. The van der Waals surface area contributed by atoms with Gasteiger partial charge in [-0.2, -0.15) is 8.75 Å². The maximum atomic E-state index is 12.8. The minimum absolute atomic E-state index is 0.102. The average molecular weight is 417 g/mol. The normalized spacial score (nSPS) is 10.5. The Labute approximate surface area is 175 Å². The molecule has 30 heavy (non-hydrogen) atoms. The molecule has 148 valence electrons. The van der Waals surface area contributed by atoms with E-state index in [4.69, 9.17) is 4.74 Å². The molecule has 0 unspecified atom stereocenters. The topological polar surface area (TPSA) is 98.2 Å². The summed E-state index contributed by atoms with van der Waals surface area (Å²) in [5.41, 5.74) is 2.50. The van der Waals surface area contributed by atoms with Crippen LogP contribution in [0.4, 0.5) is 5.69 Å². The molecule has 0 bridgehead atoms. The number of benzene rings is 3. The van der Waals surface area contributed by atoms with E-state index in [1.165, 1.54) is 6.07 Å². The minimum Gasteiger partial charge on any atom is -0.452 e. The first kappa shape index (κ1) is 19.4. The maximum Gasteiger partial charge on any atom is 0.339 e. The molecule has 4 rings (SSSR count). The lowest BCUT2D eigenvalue weighted by molar-refractivity contribution is -0.119. The van der Waals surface area contributed by atoms with E-state index in [2.05, 4.69) is 14.1 Å². The van der Waals surface area contributed by atoms with E-state index < -0.39 is 18.5 Å². The smallest absolute Gasteiger partial charge is 0.339 e. The van der Waals surface area contributed by atoms with E-state index in [1.807, 2.05) is 0 Å². The maximum absolute atomic E-state index is 12.8. The van der Waals surface area contributed by atoms with Crippen molar-refractivity contribution in [1.29, 1.82) is 0 Å². The fourth-order valence-corrected chi connectivity index (χ4v) is 3.46. The zero-order chi connectivity index (χ0) is 20.9. The Bertz CT molecular complexity index is 1240. The van der Waals surface area contributed by atoms with E-state index >= 15 is 0 Å². The summed E-state index contributed by atoms with van der Waals surface area (Å²) in [6.45, 7) is -0.499. The first-order valence-corrected chi connectivity index (χ1v) is 9.73. The molecule has 0 aliphatic carbocycles. The lowest BCUT2D eigenvalue weighted by Crippen LogP contribution is -2.22. The van der Waals surface area contributed by atoms with Gasteiger partial charge in [0.15, 0.2) is 12.4 Å². The summed E-state index contributed by atoms with van der Waals surface area (Å²) in [7, 11) is 0. The fourth-order valence-electron chi connectivity index (χ4n) is 2.91. The zero-order valence-corrected chi connectivity index (χ0v) is 16.4. The van der Waals surface area contributed by atoms with Crippen LogP contribution in [0.1, 0.15) is 26.3 Å². The number of anilines is 1. The second kappa shape index (κ2) is 8.62. The Morgan fingerprint density at radius 2 is 1.57 bits per heavy atom. The van der Waals surface area contributed by atoms with Crippen molar-refractivity contribution in [3.63, 3.8) is 0 Å². The Hall–Kier alpha value is -3.91. The highest BCUT2D eigenvalue weighted by molar-refractivity contribution is 7.00. The van der Waals surface area contributed by atoms with E-state index in [1.54, 1.807) is 66.7 Å². The van der Waals surface area contributed by atoms with Gasteiger partial charge in [0.05, 0.1) is 23.0 Å². The molecule has 7 nitrogen and oxygen atoms in total. The molecule has 4 aromatic rings. The van der Waals surface area contributed by atoms with E-state index in [-0.39, 0.29) is 16.9 Å². The molecular weight excluding hydrogens is 402 g/mol. The van der Waals surface area contributed by atoms with Gasteiger partial charge in [-0.3, -0.25) is 9.59 Å². The number of nitrogens with zero attached hydrogens (tertiary/aromatic N) is 2. The van der Waals surface area contributed by atoms with Crippen molar-refractivity contribution < 1.29 is 19.1 Å². The van der Waals surface area contributed by atoms with Gasteiger partial charge in [0.2, 0.25) is 0 Å². The number of aromatic nitrogens is 2. The van der Waals surface area contributed by atoms with Crippen molar-refractivity contribution in [2.75, 3.05) is 11.9 Å². The van der Waals surface area contributed by atoms with Crippen LogP contribution in [0.3, 0.4) is 0 Å². The van der Waals surface area contributed by atoms with Crippen LogP contribution in [0.25, 0.3) is 11.0 Å². The van der Waals surface area contributed by atoms with Crippen LogP contribution in [0.15, 0.2) is 72.8 Å². The number of ketones is 1. The van der Waals surface area contributed by atoms with Gasteiger partial charge in [-0.05, 0) is 18.2 Å². The highest BCUT2D eigenvalue weighted by Crippen LogP contribution is 2.21. The van der Waals surface area contributed by atoms with Crippen LogP contribution in [-0.2, 0) is 9.53 Å². The monoisotopic (exact) mass is 417 g/mol. The summed E-state index contributed by atoms with van der Waals surface area (Å²) in [6.07, 6.45) is 0. The number of rotatable bonds is 6. The van der Waals surface area contributed by atoms with Crippen molar-refractivity contribution in [2.24, 2.45) is 0 Å². The molecule has 1 heterocycles. The molecule has 0 spiro atoms. The standard InChI is InChI=1S/C22H15N3O4S/c26-19(23-17-11-6-12-18-20(17)25-30-24-18)13-29-22(28)16-10-5-4-9-15(16)21(27)14-7-2-1-3-8-14/h1-12H,13H2,(H,23,26). The Morgan fingerprint density at radius 3 is 2.37 bits per heavy atom. The average Bonchev–Trinajstić information content (AvgIpc) is 3.27. The molecule has 0 saturated heterocycles. The van der Waals surface area contributed by atoms with Crippen molar-refractivity contribution >= 4 is 46.1 Å². The molecule has 0 radical (unpaired) electrons. The summed E-state index contributed by atoms with van der Waals surface area (Å²) >= 11 is 1.04. The molecule has 3 aromatic carbocycles. The summed E-state index contributed by atoms with van der Waals surface area (Å²) in [6, 6.07) is 20.2. The first-order valence-electron chi connectivity index (χ1n) is 9.00. The summed E-state index contributed by atoms with van der Waals surface area (Å²) in [5, 5.41) is 2.66. The summed E-state index contributed by atoms with van der Waals surface area (Å²) in [4.78, 5) is 37.6. The van der Waals surface area contributed by atoms with Gasteiger partial charge in [0, 0.05) is 11.1 Å². The second-order valence-corrected chi connectivity index (χ2v) is 6.83. The zero-order valence-electron chi connectivity index (χ0n) is 15.6. The largest absolute Gasteiger partial charge is 0.452 e. The molecular formula is C22H15N3O4S. The third-order valence-electron chi connectivity index (χ3n) is 4.32. The van der Waals surface area contributed by atoms with E-state index in [0.29, 0.717) is 22.3 Å². The molecule has 1 aromatic heterocycles. The number of fused-ring (bicyclic) bond motifs is 1. The predicted octanol–water partition coefficient (Wildman–Crippen LogP) is 3.72. The quantitative estimate of drug-likeness (QED) is 0.379. The fraction of sp³-hybridized carbons (Fsp3) is 0.0455. The Kier molecular flexibility index (Phi) is 5.58. The third-order valence-corrected chi connectivity index (χ3v) is 4.86. The van der Waals surface area contributed by atoms with Crippen molar-refractivity contribution in [2.45, 2.75) is 0 Å². The number of hydrogen-bond acceptors (Lipinski definition) is 7. The molecule has 0 fully saturated rings. The van der Waals surface area contributed by atoms with Gasteiger partial charge in [0.1, 0.15) is 11.0 Å². The van der Waals surface area contributed by atoms with Gasteiger partial charge >= 0.3 is 5.97 Å². The molecule has 0 aliphatic heterocycles. The highest BCUT2D eigenvalue weighted by Gasteiger charge is 2.20. The van der Waals surface area contributed by atoms with Crippen LogP contribution in [0.2, 0.25) is 0 Å². The number of amides is 1. The SMILES string of the molecule is O=C(COC(=O)c1ccccc1C(=O)c1ccccc1)Nc1cccc2nsnc12. The van der Waals surface area contributed by atoms with Crippen LogP contribution < -0.4 is 5.32 Å². The molecule has 0 atom stereocenters. The number of ether oxygens (including phenoxy) is 1. The predicted molar refractivity (Wildman–Crippen MR) is 113 cm³/mol. The van der Waals surface area contributed by atoms with Gasteiger partial charge in [0.25, 0.3) is 5.91 Å². The van der Waals surface area contributed by atoms with Crippen molar-refractivity contribution in [3.8, 4) is 0 Å². The number of nitrogens with one attached hydrogen (secondary N) is 1. The van der Waals surface area contributed by atoms with Gasteiger partial charge in [-0.25, -0.2) is 4.79 Å². The second-order valence-electron chi connectivity index (χ2n) is 6.30. The van der Waals surface area contributed by atoms with E-state index in [0.717, 1.165) is 11.7 Å². The number of hydrogen-bond donors (Lipinski definition) is 1.